The number of anilines is 4. The molecule has 7 N–H and O–H groups in total. The number of benzene rings is 2. The van der Waals surface area contributed by atoms with Crippen LogP contribution in [-0.4, -0.2) is 160 Å². The fraction of sp³-hybridized carbons (Fsp3) is 0.511. The van der Waals surface area contributed by atoms with Crippen LogP contribution in [-0.2, 0) is 43.4 Å². The summed E-state index contributed by atoms with van der Waals surface area (Å²) in [4.78, 5) is 84.7. The zero-order valence-corrected chi connectivity index (χ0v) is 40.6. The first-order chi connectivity index (χ1) is 33.2. The van der Waals surface area contributed by atoms with Gasteiger partial charge in [0, 0.05) is 62.4 Å². The quantitative estimate of drug-likeness (QED) is 0.0496. The Hall–Kier alpha value is -5.63. The lowest BCUT2D eigenvalue weighted by Gasteiger charge is -2.38. The number of aryl methyl sites for hydroxylation is 1. The molecule has 2 saturated heterocycles. The number of sulfonamides is 1. The zero-order chi connectivity index (χ0) is 49.1. The minimum atomic E-state index is -3.63. The minimum Gasteiger partial charge on any atom is -0.382 e. The highest BCUT2D eigenvalue weighted by Gasteiger charge is 2.54. The number of nitrogens with one attached hydrogen (secondary N) is 5. The van der Waals surface area contributed by atoms with Gasteiger partial charge >= 0.3 is 0 Å². The average molecular weight is 1040 g/mol. The first-order valence-electron chi connectivity index (χ1n) is 22.8. The van der Waals surface area contributed by atoms with E-state index >= 15 is 0 Å². The summed E-state index contributed by atoms with van der Waals surface area (Å²) in [5, 5.41) is 14.6. The van der Waals surface area contributed by atoms with Crippen LogP contribution < -0.4 is 32.3 Å². The van der Waals surface area contributed by atoms with E-state index in [1.165, 1.54) is 10.4 Å². The number of nitrogens with two attached hydrogens (primary N) is 1. The molecular weight excluding hydrogens is 985 g/mol. The van der Waals surface area contributed by atoms with Gasteiger partial charge in [-0.2, -0.15) is 4.98 Å². The van der Waals surface area contributed by atoms with Gasteiger partial charge in [-0.25, -0.2) is 17.7 Å². The molecule has 0 bridgehead atoms. The van der Waals surface area contributed by atoms with Crippen LogP contribution in [0.5, 0.6) is 0 Å². The number of piperidine rings is 2. The largest absolute Gasteiger partial charge is 0.382 e. The summed E-state index contributed by atoms with van der Waals surface area (Å²) < 4.78 is 50.9. The molecule has 372 valence electrons. The van der Waals surface area contributed by atoms with Crippen LogP contribution in [0.1, 0.15) is 75.2 Å². The SMILES string of the molecule is Cc1cccc(Nc2nc(NC3CCN(S(=O)(=O)CCNC(=O)CCOCCOCCOCCOCCNc4cccc5c4C(=O)N(C4CCC(=O)NC4=O)C5=O)CC34CC4)ncc2Br)c1C(N)=O. The van der Waals surface area contributed by atoms with E-state index in [4.69, 9.17) is 24.7 Å². The van der Waals surface area contributed by atoms with Gasteiger partial charge in [-0.3, -0.25) is 39.0 Å². The van der Waals surface area contributed by atoms with E-state index in [0.717, 1.165) is 23.3 Å². The Morgan fingerprint density at radius 2 is 1.58 bits per heavy atom. The fourth-order valence-corrected chi connectivity index (χ4v) is 10.3. The number of carbonyl (C=O) groups excluding carboxylic acids is 6. The molecule has 4 aliphatic rings. The molecule has 3 aromatic rings. The normalized spacial score (nSPS) is 18.8. The number of imide groups is 2. The van der Waals surface area contributed by atoms with Crippen molar-refractivity contribution in [3.8, 4) is 0 Å². The van der Waals surface area contributed by atoms with Crippen molar-refractivity contribution in [3.05, 3.63) is 69.3 Å². The Morgan fingerprint density at radius 1 is 0.899 bits per heavy atom. The molecule has 2 unspecified atom stereocenters. The topological polar surface area (TPSA) is 292 Å². The smallest absolute Gasteiger partial charge is 0.264 e. The Bertz CT molecular complexity index is 2530. The lowest BCUT2D eigenvalue weighted by atomic mass is 9.90. The second-order valence-electron chi connectivity index (χ2n) is 17.0. The maximum Gasteiger partial charge on any atom is 0.264 e. The Morgan fingerprint density at radius 3 is 2.28 bits per heavy atom. The monoisotopic (exact) mass is 1040 g/mol. The highest BCUT2D eigenvalue weighted by molar-refractivity contribution is 9.10. The van der Waals surface area contributed by atoms with Crippen molar-refractivity contribution < 1.29 is 56.1 Å². The number of ether oxygens (including phenoxy) is 4. The number of nitrogens with zero attached hydrogens (tertiary/aromatic N) is 4. The molecule has 69 heavy (non-hydrogen) atoms. The van der Waals surface area contributed by atoms with E-state index in [1.807, 2.05) is 6.07 Å². The third-order valence-corrected chi connectivity index (χ3v) is 14.7. The summed E-state index contributed by atoms with van der Waals surface area (Å²) in [6.07, 6.45) is 4.06. The predicted octanol–water partition coefficient (Wildman–Crippen LogP) is 2.07. The first-order valence-corrected chi connectivity index (χ1v) is 25.2. The maximum atomic E-state index is 13.3. The molecule has 24 heteroatoms. The van der Waals surface area contributed by atoms with Crippen LogP contribution in [0.2, 0.25) is 0 Å². The van der Waals surface area contributed by atoms with Crippen molar-refractivity contribution in [1.29, 1.82) is 0 Å². The molecule has 7 rings (SSSR count). The number of amides is 6. The minimum absolute atomic E-state index is 0.0203. The molecule has 2 aromatic carbocycles. The molecule has 1 saturated carbocycles. The summed E-state index contributed by atoms with van der Waals surface area (Å²) >= 11 is 3.47. The molecule has 2 atom stereocenters. The van der Waals surface area contributed by atoms with Crippen LogP contribution in [0.15, 0.2) is 47.1 Å². The fourth-order valence-electron chi connectivity index (χ4n) is 8.54. The standard InChI is InChI=1S/C45H57BrN10O12S/c1-28-4-2-7-32(37(28)39(47)59)51-40-30(46)26-50-44(54-40)52-34-10-16-55(27-45(34)12-13-45)69(63,64)25-15-49-35(57)11-17-65-19-21-67-23-24-68-22-20-66-18-14-48-31-6-3-5-29-38(31)43(62)56(42(29)61)33-8-9-36(58)53-41(33)60/h2-7,26,33-34,48H,8-25,27H2,1H3,(H2,47,59)(H,49,57)(H,53,58,60)(H2,50,51,52,54). The molecule has 1 aromatic heterocycles. The van der Waals surface area contributed by atoms with Gasteiger partial charge in [-0.1, -0.05) is 18.2 Å². The predicted molar refractivity (Wildman–Crippen MR) is 254 cm³/mol. The number of halogens is 1. The maximum absolute atomic E-state index is 13.3. The lowest BCUT2D eigenvalue weighted by molar-refractivity contribution is -0.136. The van der Waals surface area contributed by atoms with Crippen LogP contribution in [0.25, 0.3) is 0 Å². The van der Waals surface area contributed by atoms with Crippen molar-refractivity contribution in [2.45, 2.75) is 57.5 Å². The third-order valence-electron chi connectivity index (χ3n) is 12.3. The van der Waals surface area contributed by atoms with Crippen molar-refractivity contribution >= 4 is 84.5 Å². The van der Waals surface area contributed by atoms with Gasteiger partial charge in [0.2, 0.25) is 33.7 Å². The number of carbonyl (C=O) groups is 6. The van der Waals surface area contributed by atoms with Crippen LogP contribution in [0, 0.1) is 12.3 Å². The number of rotatable bonds is 26. The number of primary amides is 1. The molecule has 4 heterocycles. The lowest BCUT2D eigenvalue weighted by Crippen LogP contribution is -2.54. The Kier molecular flexibility index (Phi) is 17.3. The number of aromatic nitrogens is 2. The molecule has 22 nitrogen and oxygen atoms in total. The summed E-state index contributed by atoms with van der Waals surface area (Å²) in [6.45, 7) is 5.08. The first kappa shape index (κ1) is 51.2. The highest BCUT2D eigenvalue weighted by Crippen LogP contribution is 2.53. The van der Waals surface area contributed by atoms with Crippen molar-refractivity contribution in [1.82, 2.24) is 29.8 Å². The molecule has 1 aliphatic carbocycles. The summed E-state index contributed by atoms with van der Waals surface area (Å²) in [7, 11) is -3.63. The Balaban J connectivity index is 0.696. The molecule has 1 spiro atoms. The second kappa shape index (κ2) is 23.3. The summed E-state index contributed by atoms with van der Waals surface area (Å²) in [6, 6.07) is 9.12. The van der Waals surface area contributed by atoms with Crippen molar-refractivity contribution in [2.24, 2.45) is 11.1 Å². The van der Waals surface area contributed by atoms with E-state index < -0.39 is 45.6 Å². The number of hydrogen-bond acceptors (Lipinski definition) is 17. The second-order valence-corrected chi connectivity index (χ2v) is 20.0. The van der Waals surface area contributed by atoms with E-state index in [-0.39, 0.29) is 73.3 Å². The summed E-state index contributed by atoms with van der Waals surface area (Å²) in [5.74, 6) is -2.54. The molecule has 3 fully saturated rings. The van der Waals surface area contributed by atoms with Crippen molar-refractivity contribution in [2.75, 3.05) is 101 Å². The Labute approximate surface area is 407 Å². The molecule has 3 aliphatic heterocycles. The zero-order valence-electron chi connectivity index (χ0n) is 38.2. The third kappa shape index (κ3) is 13.0. The number of fused-ring (bicyclic) bond motifs is 1. The van der Waals surface area contributed by atoms with Gasteiger partial charge in [0.05, 0.1) is 85.5 Å². The highest BCUT2D eigenvalue weighted by atomic mass is 79.9. The van der Waals surface area contributed by atoms with Gasteiger partial charge in [-0.05, 0) is 72.3 Å². The van der Waals surface area contributed by atoms with Crippen LogP contribution in [0.4, 0.5) is 23.1 Å². The van der Waals surface area contributed by atoms with Gasteiger partial charge in [0.25, 0.3) is 17.7 Å². The molecular formula is C45H57BrN10O12S. The van der Waals surface area contributed by atoms with Gasteiger partial charge in [0.15, 0.2) is 0 Å². The summed E-state index contributed by atoms with van der Waals surface area (Å²) in [5.41, 5.74) is 7.81. The van der Waals surface area contributed by atoms with Gasteiger partial charge < -0.3 is 45.9 Å². The molecule has 0 radical (unpaired) electrons. The van der Waals surface area contributed by atoms with Gasteiger partial charge in [0.1, 0.15) is 11.9 Å². The van der Waals surface area contributed by atoms with Crippen molar-refractivity contribution in [3.63, 3.8) is 0 Å². The van der Waals surface area contributed by atoms with E-state index in [1.54, 1.807) is 37.4 Å². The van der Waals surface area contributed by atoms with Crippen LogP contribution in [0.3, 0.4) is 0 Å². The number of hydrogen-bond donors (Lipinski definition) is 6. The van der Waals surface area contributed by atoms with Crippen LogP contribution >= 0.6 is 15.9 Å². The average Bonchev–Trinajstić information content (AvgIpc) is 4.03. The molecule has 6 amide bonds. The van der Waals surface area contributed by atoms with E-state index in [2.05, 4.69) is 52.5 Å². The van der Waals surface area contributed by atoms with E-state index in [9.17, 15) is 37.2 Å². The van der Waals surface area contributed by atoms with Gasteiger partial charge in [-0.15, -0.1) is 0 Å². The van der Waals surface area contributed by atoms with E-state index in [0.29, 0.717) is 98.9 Å².